The highest BCUT2D eigenvalue weighted by atomic mass is 16.5. The number of carbonyl (C=O) groups is 1. The fraction of sp³-hybridized carbons (Fsp3) is 0.0833. The molecular formula is C12H11NO3. The largest absolute Gasteiger partial charge is 0.478 e. The monoisotopic (exact) mass is 217 g/mol. The van der Waals surface area contributed by atoms with E-state index in [0.29, 0.717) is 11.6 Å². The molecule has 1 aromatic heterocycles. The Labute approximate surface area is 92.5 Å². The van der Waals surface area contributed by atoms with Crippen LogP contribution >= 0.6 is 0 Å². The molecule has 2 aromatic rings. The van der Waals surface area contributed by atoms with Gasteiger partial charge >= 0.3 is 5.97 Å². The third-order valence-electron chi connectivity index (χ3n) is 2.22. The zero-order valence-electron chi connectivity index (χ0n) is 8.73. The third-order valence-corrected chi connectivity index (χ3v) is 2.22. The molecule has 0 bridgehead atoms. The summed E-state index contributed by atoms with van der Waals surface area (Å²) in [6, 6.07) is 8.99. The molecule has 0 aliphatic carbocycles. The minimum absolute atomic E-state index is 0.184. The standard InChI is InChI=1S/C12H11NO3/c1-8-4-2-3-5-10(8)16-11-6-9(7-13-11)12(14)15/h2-7,13H,1H3,(H,14,15). The third kappa shape index (κ3) is 2.06. The minimum atomic E-state index is -0.976. The number of hydrogen-bond acceptors (Lipinski definition) is 2. The van der Waals surface area contributed by atoms with Gasteiger partial charge in [-0.3, -0.25) is 0 Å². The van der Waals surface area contributed by atoms with Gasteiger partial charge in [-0.15, -0.1) is 0 Å². The number of nitrogens with one attached hydrogen (secondary N) is 1. The summed E-state index contributed by atoms with van der Waals surface area (Å²) in [7, 11) is 0. The lowest BCUT2D eigenvalue weighted by Crippen LogP contribution is -1.91. The molecule has 0 aliphatic rings. The molecule has 4 heteroatoms. The van der Waals surface area contributed by atoms with Crippen LogP contribution in [0.15, 0.2) is 36.5 Å². The highest BCUT2D eigenvalue weighted by molar-refractivity contribution is 5.87. The zero-order chi connectivity index (χ0) is 11.5. The maximum atomic E-state index is 10.7. The molecule has 2 N–H and O–H groups in total. The molecule has 0 radical (unpaired) electrons. The van der Waals surface area contributed by atoms with E-state index in [-0.39, 0.29) is 5.56 Å². The fourth-order valence-electron chi connectivity index (χ4n) is 1.35. The molecule has 0 atom stereocenters. The SMILES string of the molecule is Cc1ccccc1Oc1cc(C(=O)O)c[nH]1. The van der Waals surface area contributed by atoms with Crippen LogP contribution < -0.4 is 4.74 Å². The number of carboxylic acid groups (broad SMARTS) is 1. The molecule has 0 fully saturated rings. The summed E-state index contributed by atoms with van der Waals surface area (Å²) in [5.74, 6) is 0.156. The van der Waals surface area contributed by atoms with Gasteiger partial charge in [0.05, 0.1) is 5.56 Å². The van der Waals surface area contributed by atoms with Crippen molar-refractivity contribution in [1.82, 2.24) is 4.98 Å². The smallest absolute Gasteiger partial charge is 0.337 e. The number of para-hydroxylation sites is 1. The lowest BCUT2D eigenvalue weighted by Gasteiger charge is -2.05. The number of rotatable bonds is 3. The Balaban J connectivity index is 2.21. The van der Waals surface area contributed by atoms with E-state index < -0.39 is 5.97 Å². The number of hydrogen-bond donors (Lipinski definition) is 2. The summed E-state index contributed by atoms with van der Waals surface area (Å²) < 4.78 is 5.52. The first-order valence-corrected chi connectivity index (χ1v) is 4.82. The molecule has 0 saturated carbocycles. The van der Waals surface area contributed by atoms with Crippen molar-refractivity contribution in [3.05, 3.63) is 47.7 Å². The predicted octanol–water partition coefficient (Wildman–Crippen LogP) is 2.81. The number of aryl methyl sites for hydroxylation is 1. The fourth-order valence-corrected chi connectivity index (χ4v) is 1.35. The van der Waals surface area contributed by atoms with Gasteiger partial charge in [0.2, 0.25) is 0 Å². The first kappa shape index (κ1) is 10.3. The van der Waals surface area contributed by atoms with Crippen molar-refractivity contribution in [1.29, 1.82) is 0 Å². The van der Waals surface area contributed by atoms with E-state index >= 15 is 0 Å². The van der Waals surface area contributed by atoms with Gasteiger partial charge in [0.15, 0.2) is 5.88 Å². The van der Waals surface area contributed by atoms with Gasteiger partial charge in [-0.25, -0.2) is 4.79 Å². The molecule has 0 unspecified atom stereocenters. The second-order valence-corrected chi connectivity index (χ2v) is 3.43. The van der Waals surface area contributed by atoms with Crippen molar-refractivity contribution in [3.63, 3.8) is 0 Å². The van der Waals surface area contributed by atoms with Crippen LogP contribution in [0.4, 0.5) is 0 Å². The molecule has 4 nitrogen and oxygen atoms in total. The van der Waals surface area contributed by atoms with Crippen molar-refractivity contribution >= 4 is 5.97 Å². The number of aromatic amines is 1. The maximum Gasteiger partial charge on any atom is 0.337 e. The van der Waals surface area contributed by atoms with Crippen molar-refractivity contribution in [3.8, 4) is 11.6 Å². The summed E-state index contributed by atoms with van der Waals surface area (Å²) >= 11 is 0. The second kappa shape index (κ2) is 4.10. The number of benzene rings is 1. The van der Waals surface area contributed by atoms with Gasteiger partial charge in [-0.05, 0) is 18.6 Å². The van der Waals surface area contributed by atoms with E-state index in [1.54, 1.807) is 0 Å². The number of carboxylic acids is 1. The Bertz CT molecular complexity index is 516. The highest BCUT2D eigenvalue weighted by Crippen LogP contribution is 2.23. The second-order valence-electron chi connectivity index (χ2n) is 3.43. The molecule has 16 heavy (non-hydrogen) atoms. The number of aromatic nitrogens is 1. The van der Waals surface area contributed by atoms with Crippen molar-refractivity contribution < 1.29 is 14.6 Å². The first-order chi connectivity index (χ1) is 7.66. The van der Waals surface area contributed by atoms with Gasteiger partial charge in [0.25, 0.3) is 0 Å². The van der Waals surface area contributed by atoms with Crippen LogP contribution in [0, 0.1) is 6.92 Å². The predicted molar refractivity (Wildman–Crippen MR) is 59.0 cm³/mol. The molecule has 1 aromatic carbocycles. The maximum absolute atomic E-state index is 10.7. The molecule has 2 rings (SSSR count). The van der Waals surface area contributed by atoms with Crippen LogP contribution in [-0.2, 0) is 0 Å². The van der Waals surface area contributed by atoms with Crippen LogP contribution in [0.5, 0.6) is 11.6 Å². The van der Waals surface area contributed by atoms with E-state index in [1.165, 1.54) is 12.3 Å². The van der Waals surface area contributed by atoms with Gasteiger partial charge in [-0.2, -0.15) is 0 Å². The van der Waals surface area contributed by atoms with Crippen molar-refractivity contribution in [2.45, 2.75) is 6.92 Å². The van der Waals surface area contributed by atoms with Gasteiger partial charge in [0.1, 0.15) is 5.75 Å². The van der Waals surface area contributed by atoms with E-state index in [1.807, 2.05) is 31.2 Å². The normalized spacial score (nSPS) is 10.1. The Kier molecular flexibility index (Phi) is 2.64. The molecule has 0 saturated heterocycles. The summed E-state index contributed by atoms with van der Waals surface area (Å²) in [6.07, 6.45) is 1.40. The first-order valence-electron chi connectivity index (χ1n) is 4.82. The van der Waals surface area contributed by atoms with Crippen LogP contribution in [0.3, 0.4) is 0 Å². The summed E-state index contributed by atoms with van der Waals surface area (Å²) in [4.78, 5) is 13.4. The highest BCUT2D eigenvalue weighted by Gasteiger charge is 2.07. The summed E-state index contributed by atoms with van der Waals surface area (Å²) in [5, 5.41) is 8.74. The Morgan fingerprint density at radius 3 is 2.75 bits per heavy atom. The van der Waals surface area contributed by atoms with Crippen LogP contribution in [0.2, 0.25) is 0 Å². The van der Waals surface area contributed by atoms with E-state index in [4.69, 9.17) is 9.84 Å². The number of ether oxygens (including phenoxy) is 1. The average molecular weight is 217 g/mol. The molecule has 0 aliphatic heterocycles. The van der Waals surface area contributed by atoms with E-state index in [2.05, 4.69) is 4.98 Å². The Hall–Kier alpha value is -2.23. The van der Waals surface area contributed by atoms with Gasteiger partial charge in [0, 0.05) is 12.3 Å². The van der Waals surface area contributed by atoms with Crippen molar-refractivity contribution in [2.75, 3.05) is 0 Å². The Morgan fingerprint density at radius 2 is 2.12 bits per heavy atom. The topological polar surface area (TPSA) is 62.3 Å². The van der Waals surface area contributed by atoms with Gasteiger partial charge < -0.3 is 14.8 Å². The molecule has 0 spiro atoms. The average Bonchev–Trinajstić information content (AvgIpc) is 2.70. The quantitative estimate of drug-likeness (QED) is 0.830. The molecular weight excluding hydrogens is 206 g/mol. The molecule has 1 heterocycles. The Morgan fingerprint density at radius 1 is 1.38 bits per heavy atom. The zero-order valence-corrected chi connectivity index (χ0v) is 8.73. The summed E-state index contributed by atoms with van der Waals surface area (Å²) in [6.45, 7) is 1.93. The molecule has 82 valence electrons. The van der Waals surface area contributed by atoms with E-state index in [9.17, 15) is 4.79 Å². The van der Waals surface area contributed by atoms with Gasteiger partial charge in [-0.1, -0.05) is 18.2 Å². The lowest BCUT2D eigenvalue weighted by atomic mass is 10.2. The van der Waals surface area contributed by atoms with E-state index in [0.717, 1.165) is 5.56 Å². The van der Waals surface area contributed by atoms with Crippen LogP contribution in [-0.4, -0.2) is 16.1 Å². The number of aromatic carboxylic acids is 1. The molecule has 0 amide bonds. The van der Waals surface area contributed by atoms with Crippen LogP contribution in [0.25, 0.3) is 0 Å². The summed E-state index contributed by atoms with van der Waals surface area (Å²) in [5.41, 5.74) is 1.18. The lowest BCUT2D eigenvalue weighted by molar-refractivity contribution is 0.0697. The number of H-pyrrole nitrogens is 1. The van der Waals surface area contributed by atoms with Crippen molar-refractivity contribution in [2.24, 2.45) is 0 Å². The van der Waals surface area contributed by atoms with Crippen LogP contribution in [0.1, 0.15) is 15.9 Å². The minimum Gasteiger partial charge on any atom is -0.478 e.